The summed E-state index contributed by atoms with van der Waals surface area (Å²) in [6, 6.07) is 0. The molecule has 0 aliphatic rings. The third kappa shape index (κ3) is 55.2. The first-order chi connectivity index (χ1) is 32.6. The highest BCUT2D eigenvalue weighted by Crippen LogP contribution is 2.18. The van der Waals surface area contributed by atoms with Crippen molar-refractivity contribution in [3.8, 4) is 0 Å². The number of aliphatic hydroxyl groups excluding tert-OH is 1. The van der Waals surface area contributed by atoms with Gasteiger partial charge in [-0.1, -0.05) is 309 Å². The highest BCUT2D eigenvalue weighted by atomic mass is 16.6. The monoisotopic (exact) mass is 931 g/mol. The van der Waals surface area contributed by atoms with Crippen LogP contribution in [0.5, 0.6) is 0 Å². The third-order valence-corrected chi connectivity index (χ3v) is 14.1. The van der Waals surface area contributed by atoms with Gasteiger partial charge in [-0.15, -0.1) is 0 Å². The van der Waals surface area contributed by atoms with Gasteiger partial charge in [0.15, 0.2) is 6.10 Å². The summed E-state index contributed by atoms with van der Waals surface area (Å²) in [7, 11) is 0. The van der Waals surface area contributed by atoms with Crippen molar-refractivity contribution in [3.63, 3.8) is 0 Å². The van der Waals surface area contributed by atoms with E-state index in [1.165, 1.54) is 289 Å². The standard InChI is InChI=1S/C61H118O5/c1-3-5-7-9-11-13-15-16-17-18-19-20-21-22-23-24-25-26-27-28-29-30-31-32-33-34-35-36-37-38-39-40-41-42-43-44-46-48-50-52-54-56-61(64)66-59(57-62)58-65-60(63)55-53-51-49-47-45-14-12-10-8-6-4-2/h18-19,59,62H,3-17,20-58H2,1-2H3/b19-18-. The maximum absolute atomic E-state index is 12.3. The number of carbonyl (C=O) groups excluding carboxylic acids is 2. The zero-order chi connectivity index (χ0) is 47.7. The summed E-state index contributed by atoms with van der Waals surface area (Å²) < 4.78 is 10.7. The van der Waals surface area contributed by atoms with Gasteiger partial charge in [-0.25, -0.2) is 0 Å². The van der Waals surface area contributed by atoms with Crippen LogP contribution in [-0.4, -0.2) is 36.4 Å². The molecule has 0 aliphatic heterocycles. The van der Waals surface area contributed by atoms with Crippen LogP contribution in [0.3, 0.4) is 0 Å². The predicted octanol–water partition coefficient (Wildman–Crippen LogP) is 20.3. The van der Waals surface area contributed by atoms with E-state index in [2.05, 4.69) is 26.0 Å². The van der Waals surface area contributed by atoms with Crippen LogP contribution in [0.1, 0.15) is 348 Å². The minimum Gasteiger partial charge on any atom is -0.462 e. The van der Waals surface area contributed by atoms with E-state index in [4.69, 9.17) is 9.47 Å². The van der Waals surface area contributed by atoms with Crippen molar-refractivity contribution >= 4 is 11.9 Å². The summed E-state index contributed by atoms with van der Waals surface area (Å²) in [5, 5.41) is 9.61. The van der Waals surface area contributed by atoms with E-state index in [9.17, 15) is 14.7 Å². The molecule has 392 valence electrons. The van der Waals surface area contributed by atoms with Crippen molar-refractivity contribution < 1.29 is 24.2 Å². The summed E-state index contributed by atoms with van der Waals surface area (Å²) in [5.74, 6) is -0.571. The number of hydrogen-bond donors (Lipinski definition) is 1. The Morgan fingerprint density at radius 2 is 0.561 bits per heavy atom. The molecule has 0 fully saturated rings. The van der Waals surface area contributed by atoms with E-state index >= 15 is 0 Å². The van der Waals surface area contributed by atoms with Crippen LogP contribution in [0.15, 0.2) is 12.2 Å². The molecule has 5 nitrogen and oxygen atoms in total. The van der Waals surface area contributed by atoms with Crippen molar-refractivity contribution in [1.82, 2.24) is 0 Å². The van der Waals surface area contributed by atoms with Gasteiger partial charge in [0.05, 0.1) is 6.61 Å². The Hall–Kier alpha value is -1.36. The second kappa shape index (κ2) is 58.0. The van der Waals surface area contributed by atoms with E-state index in [1.54, 1.807) is 0 Å². The van der Waals surface area contributed by atoms with E-state index < -0.39 is 6.10 Å². The average Bonchev–Trinajstić information content (AvgIpc) is 3.32. The first-order valence-corrected chi connectivity index (χ1v) is 30.2. The highest BCUT2D eigenvalue weighted by molar-refractivity contribution is 5.70. The minimum absolute atomic E-state index is 0.0574. The third-order valence-electron chi connectivity index (χ3n) is 14.1. The Balaban J connectivity index is 3.30. The van der Waals surface area contributed by atoms with Crippen LogP contribution in [0, 0.1) is 0 Å². The lowest BCUT2D eigenvalue weighted by molar-refractivity contribution is -0.161. The lowest BCUT2D eigenvalue weighted by atomic mass is 10.0. The lowest BCUT2D eigenvalue weighted by Crippen LogP contribution is -2.28. The SMILES string of the molecule is CCCCCCCCCC/C=C\CCCCCCCCCCCCCCCCCCCCCCCCCCCCCCCC(=O)OC(CO)COC(=O)CCCCCCCCCCCCC. The van der Waals surface area contributed by atoms with Crippen molar-refractivity contribution in [3.05, 3.63) is 12.2 Å². The summed E-state index contributed by atoms with van der Waals surface area (Å²) >= 11 is 0. The summed E-state index contributed by atoms with van der Waals surface area (Å²) in [6.07, 6.45) is 72.4. The van der Waals surface area contributed by atoms with Gasteiger partial charge in [-0.2, -0.15) is 0 Å². The smallest absolute Gasteiger partial charge is 0.306 e. The molecule has 0 aromatic rings. The van der Waals surface area contributed by atoms with E-state index in [1.807, 2.05) is 0 Å². The molecular formula is C61H118O5. The van der Waals surface area contributed by atoms with Crippen LogP contribution >= 0.6 is 0 Å². The van der Waals surface area contributed by atoms with Gasteiger partial charge in [0.2, 0.25) is 0 Å². The van der Waals surface area contributed by atoms with Crippen molar-refractivity contribution in [2.45, 2.75) is 354 Å². The van der Waals surface area contributed by atoms with Crippen LogP contribution in [0.25, 0.3) is 0 Å². The number of unbranched alkanes of at least 4 members (excludes halogenated alkanes) is 47. The van der Waals surface area contributed by atoms with Gasteiger partial charge in [-0.3, -0.25) is 9.59 Å². The average molecular weight is 932 g/mol. The fourth-order valence-electron chi connectivity index (χ4n) is 9.50. The molecule has 0 amide bonds. The van der Waals surface area contributed by atoms with Crippen molar-refractivity contribution in [1.29, 1.82) is 0 Å². The summed E-state index contributed by atoms with van der Waals surface area (Å²) in [4.78, 5) is 24.4. The molecule has 0 bridgehead atoms. The van der Waals surface area contributed by atoms with Gasteiger partial charge in [0.25, 0.3) is 0 Å². The minimum atomic E-state index is -0.763. The van der Waals surface area contributed by atoms with Crippen LogP contribution in [0.4, 0.5) is 0 Å². The predicted molar refractivity (Wildman–Crippen MR) is 288 cm³/mol. The molecule has 0 saturated heterocycles. The molecule has 0 aromatic carbocycles. The number of allylic oxidation sites excluding steroid dienone is 2. The lowest BCUT2D eigenvalue weighted by Gasteiger charge is -2.15. The van der Waals surface area contributed by atoms with E-state index in [-0.39, 0.29) is 25.2 Å². The second-order valence-electron chi connectivity index (χ2n) is 20.8. The Kier molecular flexibility index (Phi) is 56.8. The first-order valence-electron chi connectivity index (χ1n) is 30.2. The molecule has 0 rings (SSSR count). The quantitative estimate of drug-likeness (QED) is 0.0374. The van der Waals surface area contributed by atoms with Gasteiger partial charge < -0.3 is 14.6 Å². The molecule has 5 heteroatoms. The van der Waals surface area contributed by atoms with Gasteiger partial charge in [0, 0.05) is 12.8 Å². The topological polar surface area (TPSA) is 72.8 Å². The number of carbonyl (C=O) groups is 2. The maximum Gasteiger partial charge on any atom is 0.306 e. The second-order valence-corrected chi connectivity index (χ2v) is 20.8. The van der Waals surface area contributed by atoms with Crippen LogP contribution in [0.2, 0.25) is 0 Å². The van der Waals surface area contributed by atoms with Crippen molar-refractivity contribution in [2.24, 2.45) is 0 Å². The summed E-state index contributed by atoms with van der Waals surface area (Å²) in [5.41, 5.74) is 0. The highest BCUT2D eigenvalue weighted by Gasteiger charge is 2.16. The normalized spacial score (nSPS) is 12.1. The Labute approximate surface area is 413 Å². The zero-order valence-electron chi connectivity index (χ0n) is 45.0. The zero-order valence-corrected chi connectivity index (χ0v) is 45.0. The van der Waals surface area contributed by atoms with Gasteiger partial charge >= 0.3 is 11.9 Å². The number of hydrogen-bond acceptors (Lipinski definition) is 5. The number of ether oxygens (including phenoxy) is 2. The van der Waals surface area contributed by atoms with Crippen molar-refractivity contribution in [2.75, 3.05) is 13.2 Å². The molecule has 1 N–H and O–H groups in total. The van der Waals surface area contributed by atoms with E-state index in [0.717, 1.165) is 32.1 Å². The summed E-state index contributed by atoms with van der Waals surface area (Å²) in [6.45, 7) is 4.17. The van der Waals surface area contributed by atoms with Gasteiger partial charge in [0.1, 0.15) is 6.61 Å². The molecule has 0 spiro atoms. The molecule has 1 unspecified atom stereocenters. The van der Waals surface area contributed by atoms with Crippen LogP contribution < -0.4 is 0 Å². The maximum atomic E-state index is 12.3. The molecule has 0 aromatic heterocycles. The molecule has 0 radical (unpaired) electrons. The molecule has 0 heterocycles. The molecule has 0 aliphatic carbocycles. The molecule has 1 atom stereocenters. The first kappa shape index (κ1) is 64.6. The molecule has 0 saturated carbocycles. The number of rotatable bonds is 57. The fourth-order valence-corrected chi connectivity index (χ4v) is 9.50. The van der Waals surface area contributed by atoms with Gasteiger partial charge in [-0.05, 0) is 38.5 Å². The Morgan fingerprint density at radius 3 is 0.818 bits per heavy atom. The number of aliphatic hydroxyl groups is 1. The largest absolute Gasteiger partial charge is 0.462 e. The molecule has 66 heavy (non-hydrogen) atoms. The molecular weight excluding hydrogens is 813 g/mol. The Morgan fingerprint density at radius 1 is 0.333 bits per heavy atom. The number of esters is 2. The van der Waals surface area contributed by atoms with Crippen LogP contribution in [-0.2, 0) is 19.1 Å². The van der Waals surface area contributed by atoms with E-state index in [0.29, 0.717) is 12.8 Å². The fraction of sp³-hybridized carbons (Fsp3) is 0.934. The Bertz CT molecular complexity index is 963.